The van der Waals surface area contributed by atoms with E-state index >= 15 is 0 Å². The molecule has 0 saturated heterocycles. The number of hydrogen-bond donors (Lipinski definition) is 3. The molecule has 9 heteroatoms. The van der Waals surface area contributed by atoms with E-state index < -0.39 is 24.3 Å². The fraction of sp³-hybridized carbons (Fsp3) is 0.375. The van der Waals surface area contributed by atoms with Crippen molar-refractivity contribution in [2.24, 2.45) is 10.9 Å². The van der Waals surface area contributed by atoms with E-state index in [0.29, 0.717) is 17.8 Å². The summed E-state index contributed by atoms with van der Waals surface area (Å²) in [6, 6.07) is 9.15. The lowest BCUT2D eigenvalue weighted by atomic mass is 9.99. The maximum atomic E-state index is 13.5. The van der Waals surface area contributed by atoms with Crippen LogP contribution in [0, 0.1) is 0 Å². The Kier molecular flexibility index (Phi) is 8.10. The van der Waals surface area contributed by atoms with Gasteiger partial charge in [-0.05, 0) is 47.9 Å². The number of carbonyl (C=O) groups excluding carboxylic acids is 1. The number of nitrogens with zero attached hydrogens (tertiary/aromatic N) is 1. The minimum Gasteiger partial charge on any atom is -0.401 e. The van der Waals surface area contributed by atoms with Crippen LogP contribution in [0.5, 0.6) is 0 Å². The zero-order valence-corrected chi connectivity index (χ0v) is 19.2. The Balaban J connectivity index is 0.000000690. The van der Waals surface area contributed by atoms with Crippen molar-refractivity contribution in [2.75, 3.05) is 4.90 Å². The highest BCUT2D eigenvalue weighted by Crippen LogP contribution is 2.39. The quantitative estimate of drug-likeness (QED) is 0.509. The molecule has 1 fully saturated rings. The van der Waals surface area contributed by atoms with Gasteiger partial charge in [-0.25, -0.2) is 0 Å². The van der Waals surface area contributed by atoms with Gasteiger partial charge in [-0.2, -0.15) is 13.2 Å². The minimum atomic E-state index is -4.62. The van der Waals surface area contributed by atoms with Gasteiger partial charge in [0.05, 0.1) is 18.7 Å². The smallest absolute Gasteiger partial charge is 0.401 e. The maximum absolute atomic E-state index is 13.5. The first-order valence-electron chi connectivity index (χ1n) is 10.7. The number of benzene rings is 2. The Labute approximate surface area is 195 Å². The highest BCUT2D eigenvalue weighted by Gasteiger charge is 2.40. The zero-order valence-electron chi connectivity index (χ0n) is 18.4. The Morgan fingerprint density at radius 3 is 2.33 bits per heavy atom. The van der Waals surface area contributed by atoms with Crippen LogP contribution in [-0.4, -0.2) is 11.0 Å². The molecule has 5 nitrogen and oxygen atoms in total. The Hall–Kier alpha value is -2.49. The van der Waals surface area contributed by atoms with Gasteiger partial charge in [-0.15, -0.1) is 0 Å². The van der Waals surface area contributed by atoms with Crippen molar-refractivity contribution in [1.82, 2.24) is 0 Å². The standard InChI is InChI=1S/C20H20F3N3O2S.C4H8/c1-11(29-25)18(24)8-12-3-2-4-14(5-12)26-9-16-15(19(26)28)6-13(10-27)7-17(16)20(21,22)23;1-2-4-3-1/h2-7,27H,8-10,24-25H2,1H3;1-4H2/b18-11-;. The van der Waals surface area contributed by atoms with Crippen LogP contribution >= 0.6 is 11.9 Å². The van der Waals surface area contributed by atoms with E-state index in [1.807, 2.05) is 6.07 Å². The number of carbonyl (C=O) groups is 1. The van der Waals surface area contributed by atoms with Gasteiger partial charge in [0.1, 0.15) is 0 Å². The molecule has 5 N–H and O–H groups in total. The van der Waals surface area contributed by atoms with Crippen LogP contribution in [0.2, 0.25) is 0 Å². The molecular formula is C24H28F3N3O2S. The summed E-state index contributed by atoms with van der Waals surface area (Å²) in [6.45, 7) is 1.02. The molecule has 1 saturated carbocycles. The van der Waals surface area contributed by atoms with Crippen molar-refractivity contribution in [3.63, 3.8) is 0 Å². The number of rotatable bonds is 5. The number of aliphatic hydroxyl groups excluding tert-OH is 1. The SMILES string of the molecule is C/C(SN)=C(/N)Cc1cccc(N2Cc3c(cc(CO)cc3C(F)(F)F)C2=O)c1.C1CCC1. The third-order valence-corrected chi connectivity index (χ3v) is 6.45. The minimum absolute atomic E-state index is 0.0379. The van der Waals surface area contributed by atoms with Gasteiger partial charge in [0.25, 0.3) is 5.91 Å². The molecular weight excluding hydrogens is 451 g/mol. The number of hydrogen-bond acceptors (Lipinski definition) is 5. The average molecular weight is 480 g/mol. The number of alkyl halides is 3. The lowest BCUT2D eigenvalue weighted by molar-refractivity contribution is -0.138. The molecule has 0 unspecified atom stereocenters. The van der Waals surface area contributed by atoms with E-state index in [0.717, 1.165) is 28.5 Å². The Bertz CT molecular complexity index is 1050. The van der Waals surface area contributed by atoms with Crippen molar-refractivity contribution >= 4 is 23.5 Å². The second-order valence-corrected chi connectivity index (χ2v) is 9.02. The van der Waals surface area contributed by atoms with Gasteiger partial charge in [-0.3, -0.25) is 9.93 Å². The summed E-state index contributed by atoms with van der Waals surface area (Å²) in [6.07, 6.45) is 1.78. The number of aliphatic hydroxyl groups is 1. The first kappa shape index (κ1) is 25.1. The van der Waals surface area contributed by atoms with Crippen LogP contribution in [0.4, 0.5) is 18.9 Å². The Morgan fingerprint density at radius 1 is 1.12 bits per heavy atom. The number of fused-ring (bicyclic) bond motifs is 1. The lowest BCUT2D eigenvalue weighted by Crippen LogP contribution is -2.23. The molecule has 33 heavy (non-hydrogen) atoms. The molecule has 2 aromatic rings. The van der Waals surface area contributed by atoms with Gasteiger partial charge in [0.2, 0.25) is 0 Å². The summed E-state index contributed by atoms with van der Waals surface area (Å²) < 4.78 is 40.5. The van der Waals surface area contributed by atoms with Crippen molar-refractivity contribution in [3.05, 3.63) is 74.8 Å². The maximum Gasteiger partial charge on any atom is 0.416 e. The number of anilines is 1. The van der Waals surface area contributed by atoms with Crippen molar-refractivity contribution in [1.29, 1.82) is 0 Å². The molecule has 0 atom stereocenters. The number of halogens is 3. The van der Waals surface area contributed by atoms with Crippen LogP contribution in [0.1, 0.15) is 65.2 Å². The summed E-state index contributed by atoms with van der Waals surface area (Å²) in [5.74, 6) is -0.532. The summed E-state index contributed by atoms with van der Waals surface area (Å²) >= 11 is 1.04. The monoisotopic (exact) mass is 479 g/mol. The largest absolute Gasteiger partial charge is 0.416 e. The third-order valence-electron chi connectivity index (χ3n) is 5.84. The highest BCUT2D eigenvalue weighted by molar-refractivity contribution is 8.00. The third kappa shape index (κ3) is 5.90. The second-order valence-electron chi connectivity index (χ2n) is 8.18. The molecule has 1 aliphatic carbocycles. The van der Waals surface area contributed by atoms with Crippen LogP contribution < -0.4 is 15.8 Å². The van der Waals surface area contributed by atoms with Crippen LogP contribution in [0.25, 0.3) is 0 Å². The zero-order chi connectivity index (χ0) is 24.2. The van der Waals surface area contributed by atoms with E-state index in [1.54, 1.807) is 25.1 Å². The van der Waals surface area contributed by atoms with Crippen molar-refractivity contribution < 1.29 is 23.1 Å². The normalized spacial score (nSPS) is 15.9. The highest BCUT2D eigenvalue weighted by atomic mass is 32.2. The predicted molar refractivity (Wildman–Crippen MR) is 125 cm³/mol. The number of nitrogens with two attached hydrogens (primary N) is 2. The molecule has 4 rings (SSSR count). The summed E-state index contributed by atoms with van der Waals surface area (Å²) in [5.41, 5.74) is 6.91. The first-order chi connectivity index (χ1) is 15.7. The summed E-state index contributed by atoms with van der Waals surface area (Å²) in [7, 11) is 0. The Morgan fingerprint density at radius 2 is 1.79 bits per heavy atom. The molecule has 0 spiro atoms. The molecule has 2 aromatic carbocycles. The molecule has 178 valence electrons. The molecule has 0 radical (unpaired) electrons. The predicted octanol–water partition coefficient (Wildman–Crippen LogP) is 5.26. The molecule has 1 amide bonds. The average Bonchev–Trinajstić information content (AvgIpc) is 3.07. The number of amides is 1. The molecule has 1 aliphatic heterocycles. The van der Waals surface area contributed by atoms with E-state index in [4.69, 9.17) is 10.9 Å². The molecule has 1 heterocycles. The van der Waals surface area contributed by atoms with E-state index in [1.165, 1.54) is 36.6 Å². The van der Waals surface area contributed by atoms with Crippen LogP contribution in [0.3, 0.4) is 0 Å². The van der Waals surface area contributed by atoms with E-state index in [2.05, 4.69) is 0 Å². The molecule has 2 aliphatic rings. The van der Waals surface area contributed by atoms with Crippen molar-refractivity contribution in [3.8, 4) is 0 Å². The number of allylic oxidation sites excluding steroid dienone is 2. The fourth-order valence-electron chi connectivity index (χ4n) is 3.53. The summed E-state index contributed by atoms with van der Waals surface area (Å²) in [5, 5.41) is 14.8. The van der Waals surface area contributed by atoms with Gasteiger partial charge in [-0.1, -0.05) is 49.8 Å². The van der Waals surface area contributed by atoms with Crippen molar-refractivity contribution in [2.45, 2.75) is 58.4 Å². The molecule has 0 aromatic heterocycles. The van der Waals surface area contributed by atoms with Crippen LogP contribution in [0.15, 0.2) is 47.0 Å². The fourth-order valence-corrected chi connectivity index (χ4v) is 3.75. The van der Waals surface area contributed by atoms with E-state index in [-0.39, 0.29) is 23.2 Å². The second kappa shape index (κ2) is 10.6. The topological polar surface area (TPSA) is 92.6 Å². The van der Waals surface area contributed by atoms with Gasteiger partial charge in [0.15, 0.2) is 0 Å². The van der Waals surface area contributed by atoms with Gasteiger partial charge >= 0.3 is 6.18 Å². The van der Waals surface area contributed by atoms with Gasteiger partial charge in [0, 0.05) is 28.3 Å². The van der Waals surface area contributed by atoms with Crippen LogP contribution in [-0.2, 0) is 25.7 Å². The van der Waals surface area contributed by atoms with Gasteiger partial charge < -0.3 is 15.7 Å². The van der Waals surface area contributed by atoms with E-state index in [9.17, 15) is 23.1 Å². The first-order valence-corrected chi connectivity index (χ1v) is 11.6. The summed E-state index contributed by atoms with van der Waals surface area (Å²) in [4.78, 5) is 14.9. The molecule has 0 bridgehead atoms. The lowest BCUT2D eigenvalue weighted by Gasteiger charge is -2.17.